The third-order valence-electron chi connectivity index (χ3n) is 16.1. The van der Waals surface area contributed by atoms with Crippen molar-refractivity contribution in [3.63, 3.8) is 0 Å². The molecular formula is C62H89N15O21S6. The second-order valence-electron chi connectivity index (χ2n) is 24.0. The summed E-state index contributed by atoms with van der Waals surface area (Å²) >= 11 is 19.3. The number of carbonyl (C=O) groups excluding carboxylic acids is 14. The van der Waals surface area contributed by atoms with E-state index in [4.69, 9.17) is 5.73 Å². The first-order chi connectivity index (χ1) is 49.2. The van der Waals surface area contributed by atoms with Gasteiger partial charge in [-0.15, -0.1) is 0 Å². The summed E-state index contributed by atoms with van der Waals surface area (Å²) in [6.07, 6.45) is -0.343. The van der Waals surface area contributed by atoms with Crippen LogP contribution in [-0.2, 0) is 89.6 Å². The molecule has 19 N–H and O–H groups in total. The van der Waals surface area contributed by atoms with E-state index in [0.717, 1.165) is 11.8 Å². The number of aliphatic carboxylic acids is 2. The zero-order valence-corrected chi connectivity index (χ0v) is 62.1. The molecule has 574 valence electrons. The van der Waals surface area contributed by atoms with Gasteiger partial charge in [-0.05, 0) is 81.0 Å². The molecule has 2 heterocycles. The third-order valence-corrected chi connectivity index (χ3v) is 18.9. The number of benzene rings is 2. The molecule has 14 amide bonds. The number of aliphatic hydroxyl groups excluding tert-OH is 1. The molecule has 0 radical (unpaired) electrons. The maximum atomic E-state index is 14.3. The van der Waals surface area contributed by atoms with Gasteiger partial charge in [-0.2, -0.15) is 74.0 Å². The maximum absolute atomic E-state index is 14.3. The molecule has 0 spiro atoms. The molecule has 2 saturated heterocycles. The molecule has 2 aromatic carbocycles. The number of hydrogen-bond donors (Lipinski definition) is 22. The summed E-state index contributed by atoms with van der Waals surface area (Å²) in [5, 5.41) is 78.6. The molecule has 2 aliphatic heterocycles. The molecule has 104 heavy (non-hydrogen) atoms. The van der Waals surface area contributed by atoms with Gasteiger partial charge in [0, 0.05) is 60.3 Å². The Morgan fingerprint density at radius 1 is 0.587 bits per heavy atom. The number of nitrogens with zero attached hydrogens (tertiary/aromatic N) is 2. The Kier molecular flexibility index (Phi) is 37.0. The van der Waals surface area contributed by atoms with Gasteiger partial charge < -0.3 is 99.6 Å². The molecule has 2 aromatic rings. The van der Waals surface area contributed by atoms with Crippen LogP contribution in [0.25, 0.3) is 0 Å². The number of carboxylic acid groups (broad SMARTS) is 2. The van der Waals surface area contributed by atoms with Gasteiger partial charge in [0.15, 0.2) is 0 Å². The highest BCUT2D eigenvalue weighted by atomic mass is 32.2. The van der Waals surface area contributed by atoms with Crippen molar-refractivity contribution in [1.82, 2.24) is 73.6 Å². The molecule has 42 heteroatoms. The van der Waals surface area contributed by atoms with Crippen LogP contribution >= 0.6 is 74.0 Å². The lowest BCUT2D eigenvalue weighted by atomic mass is 10.0. The fourth-order valence-electron chi connectivity index (χ4n) is 10.4. The molecule has 36 nitrogen and oxygen atoms in total. The molecule has 0 bridgehead atoms. The van der Waals surface area contributed by atoms with Crippen LogP contribution in [0.15, 0.2) is 48.5 Å². The lowest BCUT2D eigenvalue weighted by Gasteiger charge is -2.30. The predicted octanol–water partition coefficient (Wildman–Crippen LogP) is -6.36. The number of aromatic hydroxyl groups is 2. The van der Waals surface area contributed by atoms with Gasteiger partial charge in [0.25, 0.3) is 0 Å². The predicted molar refractivity (Wildman–Crippen MR) is 391 cm³/mol. The van der Waals surface area contributed by atoms with Crippen molar-refractivity contribution in [1.29, 1.82) is 0 Å². The average Bonchev–Trinajstić information content (AvgIpc) is 1.64. The highest BCUT2D eigenvalue weighted by Gasteiger charge is 2.43. The number of thioether (sulfide) groups is 2. The van der Waals surface area contributed by atoms with E-state index < -0.39 is 216 Å². The van der Waals surface area contributed by atoms with Crippen LogP contribution in [0.5, 0.6) is 11.5 Å². The highest BCUT2D eigenvalue weighted by molar-refractivity contribution is 7.98. The Morgan fingerprint density at radius 3 is 1.54 bits per heavy atom. The van der Waals surface area contributed by atoms with E-state index in [1.54, 1.807) is 12.5 Å². The molecule has 4 rings (SSSR count). The minimum atomic E-state index is -1.77. The van der Waals surface area contributed by atoms with E-state index >= 15 is 0 Å². The Labute approximate surface area is 628 Å². The zero-order valence-electron chi connectivity index (χ0n) is 56.9. The van der Waals surface area contributed by atoms with E-state index in [1.165, 1.54) is 83.9 Å². The number of rotatable bonds is 43. The molecule has 14 atom stereocenters. The fourth-order valence-corrected chi connectivity index (χ4v) is 12.7. The second-order valence-corrected chi connectivity index (χ2v) is 27.3. The van der Waals surface area contributed by atoms with Gasteiger partial charge in [-0.3, -0.25) is 77.2 Å². The van der Waals surface area contributed by atoms with E-state index in [9.17, 15) is 102 Å². The standard InChI is InChI=1S/C62H89N15O21S6/c1-29(50(85)72-42(25-102)56(91)75-49(30(2)78)59(94)64-21-47(82)67-39(22-99)53(88)71-38(62(97)98)19-32-9-13-34(80)14-10-32)66-57(92)44-6-5-17-76(44)60(95)37(20-46(63)81)70-54(89)40(23-100)74-55(90)41(24-101)73-52(87)36(18-31-7-11-33(79)12-8-31)69-51(86)35(15-16-48(83)84)68-58(93)45(27-104-4)77-28-65-43(26-103-3)61(77)96/h7-14,29-30,35-45,49,65,78-80,99-102H,5-6,15-28H2,1-4H3,(H2,63,81)(H,64,94)(H,66,92)(H,67,82)(H,68,93)(H,69,86)(H,70,89)(H,71,88)(H,72,85)(H,73,87)(H,74,90)(H,75,91)(H,83,84)(H,97,98)/t29?,30-,35+,36+,37+,38+,39?,40+,41+,42+,43?,44+,45?,49+/m1/s1. The van der Waals surface area contributed by atoms with Crippen LogP contribution < -0.4 is 69.5 Å². The van der Waals surface area contributed by atoms with Crippen LogP contribution in [0, 0.1) is 0 Å². The molecule has 4 unspecified atom stereocenters. The van der Waals surface area contributed by atoms with Crippen molar-refractivity contribution < 1.29 is 102 Å². The number of nitrogens with two attached hydrogens (primary N) is 1. The molecule has 0 aliphatic carbocycles. The number of phenols is 2. The van der Waals surface area contributed by atoms with Crippen LogP contribution in [0.4, 0.5) is 0 Å². The Balaban J connectivity index is 1.39. The smallest absolute Gasteiger partial charge is 0.326 e. The van der Waals surface area contributed by atoms with Crippen molar-refractivity contribution in [2.24, 2.45) is 5.73 Å². The minimum Gasteiger partial charge on any atom is -0.508 e. The van der Waals surface area contributed by atoms with Crippen LogP contribution in [0.3, 0.4) is 0 Å². The number of hydrogen-bond acceptors (Lipinski definition) is 26. The number of phenolic OH excluding ortho intramolecular Hbond substituents is 2. The number of carboxylic acids is 2. The largest absolute Gasteiger partial charge is 0.508 e. The van der Waals surface area contributed by atoms with E-state index in [-0.39, 0.29) is 67.8 Å². The summed E-state index contributed by atoms with van der Waals surface area (Å²) in [6.45, 7) is 1.42. The molecule has 0 saturated carbocycles. The third kappa shape index (κ3) is 27.6. The Bertz CT molecular complexity index is 3410. The molecule has 2 fully saturated rings. The monoisotopic (exact) mass is 1570 g/mol. The first-order valence-corrected chi connectivity index (χ1v) is 37.6. The second kappa shape index (κ2) is 43.8. The van der Waals surface area contributed by atoms with Crippen LogP contribution in [0.2, 0.25) is 0 Å². The summed E-state index contributed by atoms with van der Waals surface area (Å²) in [4.78, 5) is 217. The average molecular weight is 1570 g/mol. The first kappa shape index (κ1) is 88.0. The quantitative estimate of drug-likeness (QED) is 0.0275. The van der Waals surface area contributed by atoms with Crippen molar-refractivity contribution in [2.45, 2.75) is 143 Å². The number of carbonyl (C=O) groups is 16. The number of primary amides is 1. The summed E-state index contributed by atoms with van der Waals surface area (Å²) < 4.78 is 0. The topological polar surface area (TPSA) is 551 Å². The van der Waals surface area contributed by atoms with Gasteiger partial charge >= 0.3 is 11.9 Å². The maximum Gasteiger partial charge on any atom is 0.326 e. The van der Waals surface area contributed by atoms with Crippen molar-refractivity contribution in [3.05, 3.63) is 59.7 Å². The van der Waals surface area contributed by atoms with Gasteiger partial charge in [0.05, 0.1) is 31.8 Å². The van der Waals surface area contributed by atoms with Gasteiger partial charge in [-0.25, -0.2) is 4.79 Å². The number of amides is 14. The lowest BCUT2D eigenvalue weighted by molar-refractivity contribution is -0.143. The Morgan fingerprint density at radius 2 is 1.05 bits per heavy atom. The summed E-state index contributed by atoms with van der Waals surface area (Å²) in [6, 6.07) is -7.78. The number of aliphatic hydroxyl groups is 1. The summed E-state index contributed by atoms with van der Waals surface area (Å²) in [5.41, 5.74) is 6.35. The highest BCUT2D eigenvalue weighted by Crippen LogP contribution is 2.21. The SMILES string of the molecule is CSCC1NCN(C(CSC)C(=O)N[C@@H](CCC(=O)O)C(=O)N[C@@H](Cc2ccc(O)cc2)C(=O)N[C@@H](CS)C(=O)N[C@@H](CS)C(=O)N[C@@H](CC(N)=O)C(=O)N2CCC[C@H]2C(=O)NC(C)C(=O)N[C@@H](CS)C(=O)N[C@H](C(=O)NCC(=O)NC(CS)C(=O)N[C@@H](Cc2ccc(O)cc2)C(=O)O)[C@@H](C)O)C1=O. The summed E-state index contributed by atoms with van der Waals surface area (Å²) in [7, 11) is 0. The Hall–Kier alpha value is -8.42. The number of likely N-dealkylation sites (tertiary alicyclic amines) is 1. The van der Waals surface area contributed by atoms with Crippen LogP contribution in [-0.4, -0.2) is 281 Å². The van der Waals surface area contributed by atoms with Crippen LogP contribution in [0.1, 0.15) is 57.1 Å². The van der Waals surface area contributed by atoms with E-state index in [1.807, 2.05) is 0 Å². The van der Waals surface area contributed by atoms with Gasteiger partial charge in [0.1, 0.15) is 84.0 Å². The van der Waals surface area contributed by atoms with E-state index in [2.05, 4.69) is 114 Å². The van der Waals surface area contributed by atoms with Crippen molar-refractivity contribution in [2.75, 3.05) is 66.8 Å². The van der Waals surface area contributed by atoms with Gasteiger partial charge in [-0.1, -0.05) is 24.3 Å². The lowest BCUT2D eigenvalue weighted by Crippen LogP contribution is -2.61. The minimum absolute atomic E-state index is 0.00203. The van der Waals surface area contributed by atoms with Crippen molar-refractivity contribution >= 4 is 169 Å². The van der Waals surface area contributed by atoms with E-state index in [0.29, 0.717) is 16.9 Å². The molecule has 2 aliphatic rings. The normalized spacial score (nSPS) is 17.5. The molecular weight excluding hydrogens is 1480 g/mol. The zero-order chi connectivity index (χ0) is 77.7. The number of thiol groups is 4. The van der Waals surface area contributed by atoms with Crippen molar-refractivity contribution in [3.8, 4) is 11.5 Å². The summed E-state index contributed by atoms with van der Waals surface area (Å²) in [5.74, 6) is -17.5. The first-order valence-electron chi connectivity index (χ1n) is 32.2. The number of nitrogens with one attached hydrogen (secondary N) is 12. The van der Waals surface area contributed by atoms with Gasteiger partial charge in [0.2, 0.25) is 82.7 Å². The fraction of sp³-hybridized carbons (Fsp3) is 0.548. The molecule has 0 aromatic heterocycles.